The second kappa shape index (κ2) is 7.38. The highest BCUT2D eigenvalue weighted by Crippen LogP contribution is 2.21. The zero-order chi connectivity index (χ0) is 17.8. The Morgan fingerprint density at radius 1 is 1.04 bits per heavy atom. The molecular weight excluding hydrogens is 316 g/mol. The van der Waals surface area contributed by atoms with Crippen LogP contribution in [0.1, 0.15) is 11.1 Å². The average molecular weight is 338 g/mol. The summed E-state index contributed by atoms with van der Waals surface area (Å²) in [6, 6.07) is 16.9. The van der Waals surface area contributed by atoms with Crippen molar-refractivity contribution in [3.63, 3.8) is 0 Å². The molecule has 0 spiro atoms. The number of hydrogen-bond donors (Lipinski definition) is 0. The number of carbonyl (C=O) groups excluding carboxylic acids is 2. The summed E-state index contributed by atoms with van der Waals surface area (Å²) in [5.74, 6) is 0.683. The molecule has 3 rings (SSSR count). The Kier molecular flexibility index (Phi) is 5.03. The monoisotopic (exact) mass is 338 g/mol. The van der Waals surface area contributed by atoms with E-state index in [0.717, 1.165) is 16.9 Å². The van der Waals surface area contributed by atoms with Gasteiger partial charge in [0.1, 0.15) is 11.8 Å². The number of likely N-dealkylation sites (N-methyl/N-ethyl adjacent to an activating group) is 1. The van der Waals surface area contributed by atoms with Crippen molar-refractivity contribution < 1.29 is 14.3 Å². The van der Waals surface area contributed by atoms with Crippen LogP contribution >= 0.6 is 0 Å². The molecule has 1 saturated heterocycles. The minimum Gasteiger partial charge on any atom is -0.497 e. The third kappa shape index (κ3) is 3.82. The lowest BCUT2D eigenvalue weighted by atomic mass is 10.0. The van der Waals surface area contributed by atoms with Gasteiger partial charge in [-0.2, -0.15) is 0 Å². The maximum atomic E-state index is 12.7. The van der Waals surface area contributed by atoms with Crippen molar-refractivity contribution in [1.82, 2.24) is 9.80 Å². The minimum absolute atomic E-state index is 0.0219. The smallest absolute Gasteiger partial charge is 0.245 e. The van der Waals surface area contributed by atoms with Gasteiger partial charge >= 0.3 is 0 Å². The van der Waals surface area contributed by atoms with Crippen molar-refractivity contribution in [1.29, 1.82) is 0 Å². The van der Waals surface area contributed by atoms with E-state index in [1.165, 1.54) is 4.90 Å². The van der Waals surface area contributed by atoms with Crippen molar-refractivity contribution in [3.05, 3.63) is 65.7 Å². The highest BCUT2D eigenvalue weighted by Gasteiger charge is 2.37. The topological polar surface area (TPSA) is 49.9 Å². The second-order valence-electron chi connectivity index (χ2n) is 6.27. The fourth-order valence-corrected chi connectivity index (χ4v) is 3.13. The standard InChI is InChI=1S/C20H22N2O3/c1-21-14-19(23)22(13-16-9-6-10-17(11-16)25-2)18(20(21)24)12-15-7-4-3-5-8-15/h3-11,18H,12-14H2,1-2H3/t18-/m1/s1. The molecule has 1 fully saturated rings. The van der Waals surface area contributed by atoms with E-state index < -0.39 is 6.04 Å². The van der Waals surface area contributed by atoms with Crippen molar-refractivity contribution in [2.24, 2.45) is 0 Å². The lowest BCUT2D eigenvalue weighted by molar-refractivity contribution is -0.155. The van der Waals surface area contributed by atoms with E-state index in [1.807, 2.05) is 54.6 Å². The summed E-state index contributed by atoms with van der Waals surface area (Å²) in [5, 5.41) is 0. The van der Waals surface area contributed by atoms with E-state index in [4.69, 9.17) is 4.74 Å². The molecule has 130 valence electrons. The number of rotatable bonds is 5. The van der Waals surface area contributed by atoms with E-state index in [9.17, 15) is 9.59 Å². The molecule has 0 N–H and O–H groups in total. The lowest BCUT2D eigenvalue weighted by Crippen LogP contribution is -2.59. The Hall–Kier alpha value is -2.82. The van der Waals surface area contributed by atoms with Crippen LogP contribution in [0.2, 0.25) is 0 Å². The minimum atomic E-state index is -0.486. The average Bonchev–Trinajstić information content (AvgIpc) is 2.63. The summed E-state index contributed by atoms with van der Waals surface area (Å²) in [6.07, 6.45) is 0.514. The fraction of sp³-hybridized carbons (Fsp3) is 0.300. The van der Waals surface area contributed by atoms with Gasteiger partial charge < -0.3 is 14.5 Å². The molecule has 0 aliphatic carbocycles. The number of nitrogens with zero attached hydrogens (tertiary/aromatic N) is 2. The van der Waals surface area contributed by atoms with Crippen LogP contribution in [0.25, 0.3) is 0 Å². The highest BCUT2D eigenvalue weighted by molar-refractivity contribution is 5.94. The first-order valence-electron chi connectivity index (χ1n) is 8.30. The molecule has 1 aliphatic heterocycles. The number of amides is 2. The van der Waals surface area contributed by atoms with Gasteiger partial charge in [-0.05, 0) is 23.3 Å². The summed E-state index contributed by atoms with van der Waals surface area (Å²) < 4.78 is 5.25. The van der Waals surface area contributed by atoms with Gasteiger partial charge in [0.05, 0.1) is 13.7 Å². The first-order chi connectivity index (χ1) is 12.1. The summed E-state index contributed by atoms with van der Waals surface area (Å²) in [7, 11) is 3.29. The number of hydrogen-bond acceptors (Lipinski definition) is 3. The largest absolute Gasteiger partial charge is 0.497 e. The van der Waals surface area contributed by atoms with Crippen molar-refractivity contribution in [2.45, 2.75) is 19.0 Å². The van der Waals surface area contributed by atoms with E-state index >= 15 is 0 Å². The summed E-state index contributed by atoms with van der Waals surface area (Å²) in [6.45, 7) is 0.515. The molecule has 0 unspecified atom stereocenters. The number of benzene rings is 2. The first kappa shape index (κ1) is 17.0. The highest BCUT2D eigenvalue weighted by atomic mass is 16.5. The molecule has 25 heavy (non-hydrogen) atoms. The molecule has 0 aromatic heterocycles. The van der Waals surface area contributed by atoms with Gasteiger partial charge in [0.25, 0.3) is 0 Å². The van der Waals surface area contributed by atoms with Crippen LogP contribution in [0.3, 0.4) is 0 Å². The van der Waals surface area contributed by atoms with Crippen LogP contribution in [0, 0.1) is 0 Å². The number of methoxy groups -OCH3 is 1. The van der Waals surface area contributed by atoms with E-state index in [0.29, 0.717) is 13.0 Å². The number of piperazine rings is 1. The quantitative estimate of drug-likeness (QED) is 0.839. The predicted octanol–water partition coefficient (Wildman–Crippen LogP) is 2.11. The second-order valence-corrected chi connectivity index (χ2v) is 6.27. The van der Waals surface area contributed by atoms with Crippen LogP contribution in [0.15, 0.2) is 54.6 Å². The molecule has 5 heteroatoms. The van der Waals surface area contributed by atoms with Crippen LogP contribution in [-0.4, -0.2) is 48.4 Å². The van der Waals surface area contributed by atoms with Crippen molar-refractivity contribution in [2.75, 3.05) is 20.7 Å². The van der Waals surface area contributed by atoms with E-state index in [1.54, 1.807) is 19.1 Å². The fourth-order valence-electron chi connectivity index (χ4n) is 3.13. The number of ether oxygens (including phenoxy) is 1. The molecule has 5 nitrogen and oxygen atoms in total. The predicted molar refractivity (Wildman–Crippen MR) is 95.1 cm³/mol. The Bertz CT molecular complexity index is 761. The van der Waals surface area contributed by atoms with Gasteiger partial charge in [-0.1, -0.05) is 42.5 Å². The van der Waals surface area contributed by atoms with Gasteiger partial charge in [-0.3, -0.25) is 9.59 Å². The van der Waals surface area contributed by atoms with Crippen molar-refractivity contribution in [3.8, 4) is 5.75 Å². The SMILES string of the molecule is COc1cccc(CN2C(=O)CN(C)C(=O)[C@H]2Cc2ccccc2)c1. The molecule has 1 heterocycles. The first-order valence-corrected chi connectivity index (χ1v) is 8.30. The molecule has 0 bridgehead atoms. The van der Waals surface area contributed by atoms with Crippen LogP contribution in [0.4, 0.5) is 0 Å². The Balaban J connectivity index is 1.86. The van der Waals surface area contributed by atoms with Gasteiger partial charge in [-0.15, -0.1) is 0 Å². The molecule has 2 aromatic carbocycles. The summed E-state index contributed by atoms with van der Waals surface area (Å²) in [5.41, 5.74) is 1.99. The maximum Gasteiger partial charge on any atom is 0.245 e. The lowest BCUT2D eigenvalue weighted by Gasteiger charge is -2.39. The van der Waals surface area contributed by atoms with Crippen molar-refractivity contribution >= 4 is 11.8 Å². The third-order valence-electron chi connectivity index (χ3n) is 4.49. The van der Waals surface area contributed by atoms with Gasteiger partial charge in [0.15, 0.2) is 0 Å². The van der Waals surface area contributed by atoms with E-state index in [2.05, 4.69) is 0 Å². The summed E-state index contributed by atoms with van der Waals surface area (Å²) in [4.78, 5) is 28.5. The van der Waals surface area contributed by atoms with E-state index in [-0.39, 0.29) is 18.4 Å². The summed E-state index contributed by atoms with van der Waals surface area (Å²) >= 11 is 0. The zero-order valence-electron chi connectivity index (χ0n) is 14.5. The molecular formula is C20H22N2O3. The molecule has 1 atom stereocenters. The Labute approximate surface area is 147 Å². The molecule has 2 amide bonds. The molecule has 1 aliphatic rings. The molecule has 0 saturated carbocycles. The van der Waals surface area contributed by atoms with Gasteiger partial charge in [0, 0.05) is 20.0 Å². The van der Waals surface area contributed by atoms with Crippen LogP contribution in [-0.2, 0) is 22.6 Å². The van der Waals surface area contributed by atoms with Crippen LogP contribution in [0.5, 0.6) is 5.75 Å². The number of carbonyl (C=O) groups is 2. The van der Waals surface area contributed by atoms with Gasteiger partial charge in [0.2, 0.25) is 11.8 Å². The van der Waals surface area contributed by atoms with Gasteiger partial charge in [-0.25, -0.2) is 0 Å². The maximum absolute atomic E-state index is 12.7. The normalized spacial score (nSPS) is 17.8. The molecule has 2 aromatic rings. The Morgan fingerprint density at radius 2 is 1.76 bits per heavy atom. The zero-order valence-corrected chi connectivity index (χ0v) is 14.5. The third-order valence-corrected chi connectivity index (χ3v) is 4.49. The Morgan fingerprint density at radius 3 is 2.48 bits per heavy atom. The van der Waals surface area contributed by atoms with Crippen LogP contribution < -0.4 is 4.74 Å². The molecule has 0 radical (unpaired) electrons.